The Balaban J connectivity index is 2.26. The predicted octanol–water partition coefficient (Wildman–Crippen LogP) is 2.57. The zero-order valence-electron chi connectivity index (χ0n) is 10.9. The normalized spacial score (nSPS) is 17.0. The van der Waals surface area contributed by atoms with Crippen LogP contribution in [-0.2, 0) is 10.0 Å². The first-order chi connectivity index (χ1) is 8.42. The van der Waals surface area contributed by atoms with Gasteiger partial charge in [-0.2, -0.15) is 0 Å². The number of hydrogen-bond donors (Lipinski definition) is 2. The monoisotopic (exact) mass is 268 g/mol. The lowest BCUT2D eigenvalue weighted by Crippen LogP contribution is -2.25. The Morgan fingerprint density at radius 2 is 1.83 bits per heavy atom. The summed E-state index contributed by atoms with van der Waals surface area (Å²) in [5.74, 6) is 0. The number of nitrogens with one attached hydrogen (secondary N) is 1. The smallest absolute Gasteiger partial charge is 0.235 e. The molecular weight excluding hydrogens is 248 g/mol. The molecule has 0 aromatic heterocycles. The molecule has 0 aliphatic heterocycles. The van der Waals surface area contributed by atoms with Crippen LogP contribution in [0.2, 0.25) is 0 Å². The summed E-state index contributed by atoms with van der Waals surface area (Å²) in [4.78, 5) is 0. The van der Waals surface area contributed by atoms with Crippen LogP contribution in [0.25, 0.3) is 0 Å². The Hall–Kier alpha value is -1.23. The first-order valence-electron chi connectivity index (χ1n) is 6.29. The molecule has 0 spiro atoms. The fourth-order valence-electron chi connectivity index (χ4n) is 2.41. The second-order valence-corrected chi connectivity index (χ2v) is 6.98. The quantitative estimate of drug-likeness (QED) is 0.828. The van der Waals surface area contributed by atoms with Gasteiger partial charge in [0.1, 0.15) is 0 Å². The Kier molecular flexibility index (Phi) is 3.52. The summed E-state index contributed by atoms with van der Waals surface area (Å²) in [7, 11) is -3.27. The van der Waals surface area contributed by atoms with E-state index in [1.807, 2.05) is 19.9 Å². The molecule has 18 heavy (non-hydrogen) atoms. The van der Waals surface area contributed by atoms with Crippen molar-refractivity contribution in [2.75, 3.05) is 10.5 Å². The first kappa shape index (κ1) is 13.2. The predicted molar refractivity (Wildman–Crippen MR) is 75.1 cm³/mol. The van der Waals surface area contributed by atoms with E-state index >= 15 is 0 Å². The van der Waals surface area contributed by atoms with Crippen LogP contribution in [0.1, 0.15) is 36.8 Å². The highest BCUT2D eigenvalue weighted by molar-refractivity contribution is 7.93. The molecule has 0 unspecified atom stereocenters. The van der Waals surface area contributed by atoms with Gasteiger partial charge in [-0.15, -0.1) is 0 Å². The van der Waals surface area contributed by atoms with Gasteiger partial charge in [-0.1, -0.05) is 18.9 Å². The SMILES string of the molecule is Cc1ccc(NS(=O)(=O)C2CCCC2)c(C)c1N. The number of hydrogen-bond acceptors (Lipinski definition) is 3. The molecule has 0 bridgehead atoms. The van der Waals surface area contributed by atoms with Gasteiger partial charge in [-0.3, -0.25) is 4.72 Å². The van der Waals surface area contributed by atoms with Crippen LogP contribution in [0.4, 0.5) is 11.4 Å². The van der Waals surface area contributed by atoms with E-state index in [0.717, 1.165) is 36.8 Å². The lowest BCUT2D eigenvalue weighted by molar-refractivity contribution is 0.585. The van der Waals surface area contributed by atoms with Gasteiger partial charge in [0.2, 0.25) is 10.0 Å². The maximum atomic E-state index is 12.2. The van der Waals surface area contributed by atoms with Crippen LogP contribution in [0.5, 0.6) is 0 Å². The molecule has 100 valence electrons. The summed E-state index contributed by atoms with van der Waals surface area (Å²) in [5, 5.41) is -0.251. The Bertz CT molecular complexity index is 546. The lowest BCUT2D eigenvalue weighted by Gasteiger charge is -2.16. The molecule has 1 aromatic carbocycles. The van der Waals surface area contributed by atoms with Gasteiger partial charge in [0.25, 0.3) is 0 Å². The summed E-state index contributed by atoms with van der Waals surface area (Å²) in [6, 6.07) is 3.63. The Labute approximate surface area is 109 Å². The highest BCUT2D eigenvalue weighted by Crippen LogP contribution is 2.29. The molecule has 0 atom stereocenters. The fraction of sp³-hybridized carbons (Fsp3) is 0.538. The summed E-state index contributed by atoms with van der Waals surface area (Å²) < 4.78 is 27.1. The van der Waals surface area contributed by atoms with Crippen molar-refractivity contribution in [3.63, 3.8) is 0 Å². The van der Waals surface area contributed by atoms with Crippen LogP contribution in [0.3, 0.4) is 0 Å². The Morgan fingerprint density at radius 3 is 2.44 bits per heavy atom. The van der Waals surface area contributed by atoms with E-state index < -0.39 is 10.0 Å². The van der Waals surface area contributed by atoms with Crippen molar-refractivity contribution in [3.8, 4) is 0 Å². The second-order valence-electron chi connectivity index (χ2n) is 5.02. The van der Waals surface area contributed by atoms with Crippen LogP contribution < -0.4 is 10.5 Å². The zero-order chi connectivity index (χ0) is 13.3. The van der Waals surface area contributed by atoms with Gasteiger partial charge in [0.05, 0.1) is 10.9 Å². The van der Waals surface area contributed by atoms with E-state index in [2.05, 4.69) is 4.72 Å². The first-order valence-corrected chi connectivity index (χ1v) is 7.84. The van der Waals surface area contributed by atoms with E-state index in [0.29, 0.717) is 11.4 Å². The van der Waals surface area contributed by atoms with E-state index in [1.54, 1.807) is 6.07 Å². The number of anilines is 2. The molecular formula is C13H20N2O2S. The van der Waals surface area contributed by atoms with E-state index in [-0.39, 0.29) is 5.25 Å². The largest absolute Gasteiger partial charge is 0.398 e. The van der Waals surface area contributed by atoms with Crippen molar-refractivity contribution in [2.45, 2.75) is 44.8 Å². The molecule has 1 fully saturated rings. The molecule has 0 saturated heterocycles. The van der Waals surface area contributed by atoms with Gasteiger partial charge in [-0.05, 0) is 43.9 Å². The van der Waals surface area contributed by atoms with Crippen molar-refractivity contribution >= 4 is 21.4 Å². The molecule has 1 aromatic rings. The van der Waals surface area contributed by atoms with Crippen molar-refractivity contribution in [3.05, 3.63) is 23.3 Å². The van der Waals surface area contributed by atoms with Gasteiger partial charge in [0.15, 0.2) is 0 Å². The minimum absolute atomic E-state index is 0.251. The van der Waals surface area contributed by atoms with Gasteiger partial charge in [-0.25, -0.2) is 8.42 Å². The molecule has 3 N–H and O–H groups in total. The van der Waals surface area contributed by atoms with Crippen LogP contribution in [-0.4, -0.2) is 13.7 Å². The van der Waals surface area contributed by atoms with Crippen molar-refractivity contribution in [1.29, 1.82) is 0 Å². The second kappa shape index (κ2) is 4.80. The van der Waals surface area contributed by atoms with Gasteiger partial charge < -0.3 is 5.73 Å². The minimum atomic E-state index is -3.27. The molecule has 1 aliphatic carbocycles. The zero-order valence-corrected chi connectivity index (χ0v) is 11.7. The molecule has 4 nitrogen and oxygen atoms in total. The summed E-state index contributed by atoms with van der Waals surface area (Å²) >= 11 is 0. The topological polar surface area (TPSA) is 72.2 Å². The third kappa shape index (κ3) is 2.46. The average molecular weight is 268 g/mol. The molecule has 0 radical (unpaired) electrons. The Morgan fingerprint density at radius 1 is 1.22 bits per heavy atom. The summed E-state index contributed by atoms with van der Waals surface area (Å²) in [5.41, 5.74) is 8.95. The summed E-state index contributed by atoms with van der Waals surface area (Å²) in [6.45, 7) is 3.76. The minimum Gasteiger partial charge on any atom is -0.398 e. The van der Waals surface area contributed by atoms with Gasteiger partial charge >= 0.3 is 0 Å². The van der Waals surface area contributed by atoms with Gasteiger partial charge in [0, 0.05) is 5.69 Å². The van der Waals surface area contributed by atoms with Crippen molar-refractivity contribution in [2.24, 2.45) is 0 Å². The molecule has 0 heterocycles. The molecule has 1 saturated carbocycles. The van der Waals surface area contributed by atoms with Crippen LogP contribution in [0.15, 0.2) is 12.1 Å². The third-order valence-corrected chi connectivity index (χ3v) is 5.58. The third-order valence-electron chi connectivity index (χ3n) is 3.73. The number of nitrogens with two attached hydrogens (primary N) is 1. The highest BCUT2D eigenvalue weighted by Gasteiger charge is 2.29. The number of rotatable bonds is 3. The maximum Gasteiger partial charge on any atom is 0.235 e. The average Bonchev–Trinajstić information content (AvgIpc) is 2.84. The van der Waals surface area contributed by atoms with Crippen LogP contribution >= 0.6 is 0 Å². The fourth-order valence-corrected chi connectivity index (χ4v) is 4.06. The summed E-state index contributed by atoms with van der Waals surface area (Å²) in [6.07, 6.45) is 3.52. The molecule has 2 rings (SSSR count). The van der Waals surface area contributed by atoms with E-state index in [9.17, 15) is 8.42 Å². The van der Waals surface area contributed by atoms with E-state index in [1.165, 1.54) is 0 Å². The molecule has 5 heteroatoms. The van der Waals surface area contributed by atoms with Crippen molar-refractivity contribution < 1.29 is 8.42 Å². The van der Waals surface area contributed by atoms with Crippen molar-refractivity contribution in [1.82, 2.24) is 0 Å². The standard InChI is InChI=1S/C13H20N2O2S/c1-9-7-8-12(10(2)13(9)14)15-18(16,17)11-5-3-4-6-11/h7-8,11,15H,3-6,14H2,1-2H3. The van der Waals surface area contributed by atoms with Crippen LogP contribution in [0, 0.1) is 13.8 Å². The number of nitrogen functional groups attached to an aromatic ring is 1. The highest BCUT2D eigenvalue weighted by atomic mass is 32.2. The molecule has 1 aliphatic rings. The lowest BCUT2D eigenvalue weighted by atomic mass is 10.1. The number of aryl methyl sites for hydroxylation is 1. The molecule has 0 amide bonds. The number of sulfonamides is 1. The van der Waals surface area contributed by atoms with E-state index in [4.69, 9.17) is 5.73 Å². The maximum absolute atomic E-state index is 12.2. The number of benzene rings is 1.